The zero-order valence-electron chi connectivity index (χ0n) is 26.1. The maximum absolute atomic E-state index is 13.2. The minimum atomic E-state index is -1.21. The monoisotopic (exact) mass is 655 g/mol. The van der Waals surface area contributed by atoms with E-state index in [1.54, 1.807) is 36.5 Å². The van der Waals surface area contributed by atoms with E-state index in [0.29, 0.717) is 71.1 Å². The number of methoxy groups -OCH3 is 1. The zero-order chi connectivity index (χ0) is 32.7. The molecule has 0 aliphatic heterocycles. The van der Waals surface area contributed by atoms with Crippen LogP contribution in [-0.2, 0) is 14.4 Å². The van der Waals surface area contributed by atoms with E-state index in [4.69, 9.17) is 25.8 Å². The van der Waals surface area contributed by atoms with Crippen LogP contribution in [0.15, 0.2) is 66.9 Å². The molecule has 0 spiro atoms. The van der Waals surface area contributed by atoms with Crippen LogP contribution in [0.5, 0.6) is 23.0 Å². The number of amides is 2. The van der Waals surface area contributed by atoms with Crippen molar-refractivity contribution in [3.05, 3.63) is 77.7 Å². The number of rotatable bonds is 15. The van der Waals surface area contributed by atoms with Gasteiger partial charge in [0.1, 0.15) is 22.7 Å². The quantitative estimate of drug-likeness (QED) is 0.113. The molecule has 5 rings (SSSR count). The maximum Gasteiger partial charge on any atom is 1.00 e. The summed E-state index contributed by atoms with van der Waals surface area (Å²) in [4.78, 5) is 41.0. The number of aromatic nitrogens is 1. The van der Waals surface area contributed by atoms with Crippen molar-refractivity contribution in [3.63, 3.8) is 0 Å². The smallest absolute Gasteiger partial charge is 0.550 e. The summed E-state index contributed by atoms with van der Waals surface area (Å²) in [6.07, 6.45) is 5.37. The van der Waals surface area contributed by atoms with Crippen LogP contribution >= 0.6 is 11.6 Å². The van der Waals surface area contributed by atoms with Gasteiger partial charge in [-0.15, -0.1) is 0 Å². The molecule has 1 aromatic heterocycles. The molecule has 1 fully saturated rings. The fourth-order valence-electron chi connectivity index (χ4n) is 4.89. The number of carboxylic acids is 1. The molecule has 240 valence electrons. The van der Waals surface area contributed by atoms with E-state index in [1.165, 1.54) is 37.4 Å². The Morgan fingerprint density at radius 3 is 2.21 bits per heavy atom. The second kappa shape index (κ2) is 16.0. The minimum absolute atomic E-state index is 0. The van der Waals surface area contributed by atoms with E-state index in [9.17, 15) is 23.9 Å². The van der Waals surface area contributed by atoms with Gasteiger partial charge in [-0.05, 0) is 86.7 Å². The summed E-state index contributed by atoms with van der Waals surface area (Å²) in [6.45, 7) is 0.432. The number of hydrogen-bond donors (Lipinski definition) is 2. The number of carbonyl (C=O) groups excluding carboxylic acids is 3. The number of ether oxygens (including phenoxy) is 3. The largest absolute Gasteiger partial charge is 1.00 e. The average Bonchev–Trinajstić information content (AvgIpc) is 3.85. The van der Waals surface area contributed by atoms with Gasteiger partial charge in [0, 0.05) is 35.0 Å². The van der Waals surface area contributed by atoms with Crippen molar-refractivity contribution < 1.29 is 57.0 Å². The van der Waals surface area contributed by atoms with Gasteiger partial charge in [0.2, 0.25) is 11.8 Å². The van der Waals surface area contributed by atoms with Gasteiger partial charge in [0.15, 0.2) is 11.5 Å². The predicted octanol–water partition coefficient (Wildman–Crippen LogP) is 3.27. The molecule has 2 N–H and O–H groups in total. The molecular formula is C34H32ClFLiN3O7. The summed E-state index contributed by atoms with van der Waals surface area (Å²) in [5.74, 6) is -0.565. The fourth-order valence-corrected chi connectivity index (χ4v) is 5.11. The number of carboxylic acid groups (broad SMARTS) is 1. The Morgan fingerprint density at radius 1 is 0.872 bits per heavy atom. The fraction of sp³-hybridized carbons (Fsp3) is 0.294. The summed E-state index contributed by atoms with van der Waals surface area (Å²) in [5, 5.41) is 16.9. The number of halogens is 2. The van der Waals surface area contributed by atoms with Crippen LogP contribution in [-0.4, -0.2) is 36.5 Å². The number of fused-ring (bicyclic) bond motifs is 1. The Hall–Kier alpha value is -4.30. The van der Waals surface area contributed by atoms with Crippen LogP contribution in [0, 0.1) is 11.2 Å². The van der Waals surface area contributed by atoms with Crippen molar-refractivity contribution in [1.82, 2.24) is 4.98 Å². The average molecular weight is 656 g/mol. The summed E-state index contributed by atoms with van der Waals surface area (Å²) >= 11 is 6.55. The SMILES string of the molecule is COc1cc2c(Oc3ccc(NC(=O)C4(C(=O)Nc5ccc(F)cc5)CC4)cc3Cl)ccnc2cc1OCCCCCCC(=O)[O-].[Li+]. The molecule has 1 saturated carbocycles. The molecule has 0 bridgehead atoms. The number of pyridine rings is 1. The second-order valence-electron chi connectivity index (χ2n) is 11.0. The van der Waals surface area contributed by atoms with Gasteiger partial charge in [-0.25, -0.2) is 4.39 Å². The first-order chi connectivity index (χ1) is 22.2. The van der Waals surface area contributed by atoms with E-state index < -0.39 is 29.0 Å². The first-order valence-corrected chi connectivity index (χ1v) is 15.2. The molecule has 1 aliphatic carbocycles. The number of nitrogens with zero attached hydrogens (tertiary/aromatic N) is 1. The number of benzene rings is 3. The number of hydrogen-bond acceptors (Lipinski definition) is 8. The Labute approximate surface area is 288 Å². The normalized spacial score (nSPS) is 12.8. The van der Waals surface area contributed by atoms with Crippen LogP contribution < -0.4 is 48.8 Å². The number of aliphatic carboxylic acids is 1. The van der Waals surface area contributed by atoms with Gasteiger partial charge in [-0.2, -0.15) is 0 Å². The molecule has 0 radical (unpaired) electrons. The van der Waals surface area contributed by atoms with Gasteiger partial charge < -0.3 is 34.7 Å². The Morgan fingerprint density at radius 2 is 1.55 bits per heavy atom. The molecule has 0 unspecified atom stereocenters. The minimum Gasteiger partial charge on any atom is -0.550 e. The van der Waals surface area contributed by atoms with E-state index in [-0.39, 0.29) is 30.3 Å². The first-order valence-electron chi connectivity index (χ1n) is 14.8. The molecule has 0 saturated heterocycles. The van der Waals surface area contributed by atoms with Gasteiger partial charge in [0.25, 0.3) is 0 Å². The zero-order valence-corrected chi connectivity index (χ0v) is 26.8. The summed E-state index contributed by atoms with van der Waals surface area (Å²) in [6, 6.07) is 15.3. The number of anilines is 2. The number of nitrogens with one attached hydrogen (secondary N) is 2. The molecule has 13 heteroatoms. The van der Waals surface area contributed by atoms with E-state index in [2.05, 4.69) is 15.6 Å². The molecule has 10 nitrogen and oxygen atoms in total. The first kappa shape index (κ1) is 35.5. The second-order valence-corrected chi connectivity index (χ2v) is 11.4. The number of unbranched alkanes of at least 4 members (excludes halogenated alkanes) is 3. The topological polar surface area (TPSA) is 139 Å². The predicted molar refractivity (Wildman–Crippen MR) is 169 cm³/mol. The van der Waals surface area contributed by atoms with Crippen molar-refractivity contribution in [2.75, 3.05) is 24.4 Å². The van der Waals surface area contributed by atoms with E-state index >= 15 is 0 Å². The van der Waals surface area contributed by atoms with Gasteiger partial charge in [0.05, 0.1) is 24.3 Å². The molecule has 2 amide bonds. The van der Waals surface area contributed by atoms with Crippen LogP contribution in [0.2, 0.25) is 5.02 Å². The summed E-state index contributed by atoms with van der Waals surface area (Å²) < 4.78 is 30.8. The van der Waals surface area contributed by atoms with Crippen molar-refractivity contribution in [3.8, 4) is 23.0 Å². The van der Waals surface area contributed by atoms with Crippen LogP contribution in [0.4, 0.5) is 15.8 Å². The molecule has 1 aliphatic rings. The maximum atomic E-state index is 13.2. The van der Waals surface area contributed by atoms with Crippen LogP contribution in [0.3, 0.4) is 0 Å². The standard InChI is InChI=1S/C34H33ClFN3O7.Li/c1-44-29-19-24-26(20-30(29)45-17-5-3-2-4-6-31(40)41)37-16-13-27(24)46-28-12-11-23(18-25(28)35)39-33(43)34(14-15-34)32(42)38-22-9-7-21(36)8-10-22;/h7-13,16,18-20H,2-6,14-15,17H2,1H3,(H,38,42)(H,39,43)(H,40,41);/q;+1/p-1. The van der Waals surface area contributed by atoms with Crippen molar-refractivity contribution in [1.29, 1.82) is 0 Å². The van der Waals surface area contributed by atoms with Gasteiger partial charge >= 0.3 is 18.9 Å². The molecule has 1 heterocycles. The molecule has 4 aromatic rings. The Kier molecular flexibility index (Phi) is 12.1. The third-order valence-electron chi connectivity index (χ3n) is 7.65. The number of carbonyl (C=O) groups is 3. The molecule has 3 aromatic carbocycles. The molecule has 0 atom stereocenters. The van der Waals surface area contributed by atoms with Crippen molar-refractivity contribution in [2.24, 2.45) is 5.41 Å². The van der Waals surface area contributed by atoms with Crippen molar-refractivity contribution in [2.45, 2.75) is 44.9 Å². The van der Waals surface area contributed by atoms with Crippen LogP contribution in [0.1, 0.15) is 44.9 Å². The summed E-state index contributed by atoms with van der Waals surface area (Å²) in [7, 11) is 1.53. The van der Waals surface area contributed by atoms with Crippen LogP contribution in [0.25, 0.3) is 10.9 Å². The van der Waals surface area contributed by atoms with Crippen molar-refractivity contribution >= 4 is 51.7 Å². The molecule has 47 heavy (non-hydrogen) atoms. The third kappa shape index (κ3) is 8.95. The van der Waals surface area contributed by atoms with Gasteiger partial charge in [-0.1, -0.05) is 24.4 Å². The molecular weight excluding hydrogens is 624 g/mol. The van der Waals surface area contributed by atoms with E-state index in [1.807, 2.05) is 0 Å². The third-order valence-corrected chi connectivity index (χ3v) is 7.95. The van der Waals surface area contributed by atoms with E-state index in [0.717, 1.165) is 19.3 Å². The Bertz CT molecular complexity index is 1750. The van der Waals surface area contributed by atoms with Gasteiger partial charge in [-0.3, -0.25) is 14.6 Å². The Balaban J connectivity index is 0.00000500. The summed E-state index contributed by atoms with van der Waals surface area (Å²) in [5.41, 5.74) is 0.189.